The van der Waals surface area contributed by atoms with Gasteiger partial charge in [0.25, 0.3) is 0 Å². The molecule has 4 rings (SSSR count). The van der Waals surface area contributed by atoms with Crippen LogP contribution in [0.15, 0.2) is 18.3 Å². The molecule has 1 fully saturated rings. The fourth-order valence-electron chi connectivity index (χ4n) is 4.90. The molecule has 0 saturated heterocycles. The third-order valence-corrected chi connectivity index (χ3v) is 7.08. The van der Waals surface area contributed by atoms with Crippen LogP contribution in [-0.4, -0.2) is 23.1 Å². The molecule has 2 aromatic rings. The second-order valence-corrected chi connectivity index (χ2v) is 8.96. The second-order valence-electron chi connectivity index (χ2n) is 8.58. The molecule has 2 aliphatic rings. The molecule has 0 bridgehead atoms. The topological polar surface area (TPSA) is 85.1 Å². The lowest BCUT2D eigenvalue weighted by Crippen LogP contribution is -2.30. The van der Waals surface area contributed by atoms with Crippen LogP contribution in [0.5, 0.6) is 0 Å². The van der Waals surface area contributed by atoms with Gasteiger partial charge in [-0.3, -0.25) is 9.59 Å². The van der Waals surface area contributed by atoms with Crippen LogP contribution in [0.4, 0.5) is 15.9 Å². The first-order valence-corrected chi connectivity index (χ1v) is 10.0. The fraction of sp³-hybridized carbons (Fsp3) is 0.409. The molecule has 1 saturated carbocycles. The van der Waals surface area contributed by atoms with Crippen molar-refractivity contribution < 1.29 is 14.0 Å². The summed E-state index contributed by atoms with van der Waals surface area (Å²) in [5.74, 6) is -0.299. The van der Waals surface area contributed by atoms with Crippen LogP contribution in [0.2, 0.25) is 5.02 Å². The Morgan fingerprint density at radius 1 is 1.24 bits per heavy atom. The van der Waals surface area contributed by atoms with Crippen LogP contribution in [0.1, 0.15) is 56.0 Å². The van der Waals surface area contributed by atoms with E-state index in [1.807, 2.05) is 6.92 Å². The summed E-state index contributed by atoms with van der Waals surface area (Å²) in [6.45, 7) is 5.54. The molecule has 1 aromatic heterocycles. The Morgan fingerprint density at radius 2 is 1.97 bits per heavy atom. The van der Waals surface area contributed by atoms with Crippen molar-refractivity contribution in [3.05, 3.63) is 40.3 Å². The molecule has 2 heterocycles. The van der Waals surface area contributed by atoms with Crippen molar-refractivity contribution in [2.75, 3.05) is 17.6 Å². The van der Waals surface area contributed by atoms with Gasteiger partial charge in [-0.25, -0.2) is 9.37 Å². The molecule has 1 aliphatic heterocycles. The average molecular weight is 416 g/mol. The van der Waals surface area contributed by atoms with Crippen molar-refractivity contribution in [1.82, 2.24) is 4.98 Å². The van der Waals surface area contributed by atoms with Gasteiger partial charge in [-0.05, 0) is 45.2 Å². The van der Waals surface area contributed by atoms with Gasteiger partial charge in [0.1, 0.15) is 17.4 Å². The minimum absolute atomic E-state index is 0.0927. The summed E-state index contributed by atoms with van der Waals surface area (Å²) in [5, 5.41) is 3.72. The first-order valence-electron chi connectivity index (χ1n) is 9.63. The van der Waals surface area contributed by atoms with Crippen molar-refractivity contribution >= 4 is 34.7 Å². The van der Waals surface area contributed by atoms with Crippen LogP contribution in [0.25, 0.3) is 11.1 Å². The molecule has 1 aliphatic carbocycles. The number of benzene rings is 1. The van der Waals surface area contributed by atoms with Gasteiger partial charge in [0, 0.05) is 45.9 Å². The summed E-state index contributed by atoms with van der Waals surface area (Å²) in [6, 6.07) is 3.03. The quantitative estimate of drug-likeness (QED) is 0.557. The highest BCUT2D eigenvalue weighted by atomic mass is 35.5. The molecule has 152 valence electrons. The molecule has 1 aromatic carbocycles. The number of nitrogens with two attached hydrogens (primary N) is 1. The fourth-order valence-corrected chi connectivity index (χ4v) is 5.34. The number of nitrogens with zero attached hydrogens (tertiary/aromatic N) is 1. The van der Waals surface area contributed by atoms with Crippen molar-refractivity contribution in [2.24, 2.45) is 5.41 Å². The van der Waals surface area contributed by atoms with Gasteiger partial charge in [-0.15, -0.1) is 0 Å². The molecular weight excluding hydrogens is 393 g/mol. The van der Waals surface area contributed by atoms with Crippen molar-refractivity contribution in [3.63, 3.8) is 0 Å². The Morgan fingerprint density at radius 3 is 2.59 bits per heavy atom. The maximum atomic E-state index is 15.2. The van der Waals surface area contributed by atoms with E-state index in [-0.39, 0.29) is 28.0 Å². The van der Waals surface area contributed by atoms with Crippen LogP contribution in [0, 0.1) is 11.2 Å². The zero-order chi connectivity index (χ0) is 21.1. The number of aromatic nitrogens is 1. The predicted octanol–water partition coefficient (Wildman–Crippen LogP) is 4.77. The lowest BCUT2D eigenvalue weighted by molar-refractivity contribution is -0.125. The third-order valence-electron chi connectivity index (χ3n) is 6.69. The molecule has 3 N–H and O–H groups in total. The van der Waals surface area contributed by atoms with Crippen molar-refractivity contribution in [3.8, 4) is 11.1 Å². The first-order chi connectivity index (χ1) is 13.6. The predicted molar refractivity (Wildman–Crippen MR) is 112 cm³/mol. The van der Waals surface area contributed by atoms with Crippen LogP contribution in [-0.2, 0) is 10.2 Å². The number of ketones is 2. The number of nitrogen functional groups attached to an aromatic ring is 1. The molecule has 7 heteroatoms. The first kappa shape index (κ1) is 19.8. The highest BCUT2D eigenvalue weighted by Gasteiger charge is 2.53. The SMILES string of the molecule is CC(=O)c1c(N)ccc(-c2cnc3c(c2Cl)C2(CCC(C)(C(C)=O)C2)CN3)c1F. The number of Topliss-reactive ketones (excluding diaryl/α,β-unsaturated/α-hetero) is 2. The number of rotatable bonds is 3. The van der Waals surface area contributed by atoms with Crippen LogP contribution < -0.4 is 11.1 Å². The minimum atomic E-state index is -0.693. The standard InChI is InChI=1S/C22H23ClFN3O2/c1-11(28)16-15(25)5-4-13(19(16)24)14-8-26-20-17(18(14)23)22(10-27-20)7-6-21(3,9-22)12(2)29/h4-5,8H,6-7,9-10,25H2,1-3H3,(H,26,27). The molecule has 0 amide bonds. The summed E-state index contributed by atoms with van der Waals surface area (Å²) >= 11 is 6.83. The van der Waals surface area contributed by atoms with E-state index in [0.717, 1.165) is 18.4 Å². The molecule has 5 nitrogen and oxygen atoms in total. The smallest absolute Gasteiger partial charge is 0.164 e. The Labute approximate surface area is 173 Å². The lowest BCUT2D eigenvalue weighted by Gasteiger charge is -2.28. The number of hydrogen-bond donors (Lipinski definition) is 2. The largest absolute Gasteiger partial charge is 0.398 e. The van der Waals surface area contributed by atoms with Crippen molar-refractivity contribution in [2.45, 2.75) is 45.4 Å². The highest BCUT2D eigenvalue weighted by Crippen LogP contribution is 2.57. The number of fused-ring (bicyclic) bond motifs is 2. The van der Waals surface area contributed by atoms with Gasteiger partial charge in [-0.1, -0.05) is 18.5 Å². The second kappa shape index (κ2) is 6.52. The average Bonchev–Trinajstić information content (AvgIpc) is 3.18. The minimum Gasteiger partial charge on any atom is -0.398 e. The summed E-state index contributed by atoms with van der Waals surface area (Å²) in [4.78, 5) is 28.6. The van der Waals surface area contributed by atoms with Gasteiger partial charge in [0.2, 0.25) is 0 Å². The monoisotopic (exact) mass is 415 g/mol. The molecule has 1 spiro atoms. The highest BCUT2D eigenvalue weighted by molar-refractivity contribution is 6.34. The number of hydrogen-bond acceptors (Lipinski definition) is 5. The summed E-state index contributed by atoms with van der Waals surface area (Å²) in [5.41, 5.74) is 6.48. The Bertz CT molecular complexity index is 1070. The van der Waals surface area contributed by atoms with Gasteiger partial charge < -0.3 is 11.1 Å². The summed E-state index contributed by atoms with van der Waals surface area (Å²) < 4.78 is 15.2. The van der Waals surface area contributed by atoms with E-state index < -0.39 is 17.0 Å². The zero-order valence-corrected chi connectivity index (χ0v) is 17.4. The van der Waals surface area contributed by atoms with E-state index in [1.54, 1.807) is 6.92 Å². The summed E-state index contributed by atoms with van der Waals surface area (Å²) in [7, 11) is 0. The van der Waals surface area contributed by atoms with E-state index in [0.29, 0.717) is 29.4 Å². The van der Waals surface area contributed by atoms with Gasteiger partial charge in [0.15, 0.2) is 5.78 Å². The van der Waals surface area contributed by atoms with E-state index in [9.17, 15) is 9.59 Å². The Balaban J connectivity index is 1.87. The number of pyridine rings is 1. The number of nitrogens with one attached hydrogen (secondary N) is 1. The molecule has 2 unspecified atom stereocenters. The summed E-state index contributed by atoms with van der Waals surface area (Å²) in [6.07, 6.45) is 3.76. The zero-order valence-electron chi connectivity index (χ0n) is 16.7. The Hall–Kier alpha value is -2.47. The number of halogens is 2. The van der Waals surface area contributed by atoms with Gasteiger partial charge in [0.05, 0.1) is 10.6 Å². The van der Waals surface area contributed by atoms with Crippen LogP contribution in [0.3, 0.4) is 0 Å². The number of carbonyl (C=O) groups excluding carboxylic acids is 2. The van der Waals surface area contributed by atoms with E-state index in [4.69, 9.17) is 17.3 Å². The molecule has 29 heavy (non-hydrogen) atoms. The molecule has 0 radical (unpaired) electrons. The van der Waals surface area contributed by atoms with Gasteiger partial charge in [-0.2, -0.15) is 0 Å². The lowest BCUT2D eigenvalue weighted by atomic mass is 9.75. The molecular formula is C22H23ClFN3O2. The van der Waals surface area contributed by atoms with E-state index in [2.05, 4.69) is 10.3 Å². The van der Waals surface area contributed by atoms with Gasteiger partial charge >= 0.3 is 0 Å². The number of carbonyl (C=O) groups is 2. The maximum Gasteiger partial charge on any atom is 0.164 e. The Kier molecular flexibility index (Phi) is 4.46. The normalized spacial score (nSPS) is 25.1. The van der Waals surface area contributed by atoms with E-state index in [1.165, 1.54) is 25.3 Å². The van der Waals surface area contributed by atoms with Crippen LogP contribution >= 0.6 is 11.6 Å². The van der Waals surface area contributed by atoms with Crippen molar-refractivity contribution in [1.29, 1.82) is 0 Å². The maximum absolute atomic E-state index is 15.2. The third kappa shape index (κ3) is 2.84. The van der Waals surface area contributed by atoms with E-state index >= 15 is 4.39 Å². The number of anilines is 2. The molecule has 2 atom stereocenters.